The Labute approximate surface area is 123 Å². The summed E-state index contributed by atoms with van der Waals surface area (Å²) in [5, 5.41) is 3.42. The number of piperazine rings is 1. The van der Waals surface area contributed by atoms with Gasteiger partial charge in [-0.2, -0.15) is 0 Å². The second-order valence-corrected chi connectivity index (χ2v) is 6.32. The van der Waals surface area contributed by atoms with Crippen LogP contribution in [0.1, 0.15) is 32.9 Å². The lowest BCUT2D eigenvalue weighted by Gasteiger charge is -2.45. The molecule has 1 aromatic rings. The fourth-order valence-electron chi connectivity index (χ4n) is 2.57. The third-order valence-corrected chi connectivity index (χ3v) is 4.17. The molecule has 112 valence electrons. The number of anilines is 1. The molecule has 0 radical (unpaired) electrons. The van der Waals surface area contributed by atoms with Crippen LogP contribution in [0, 0.1) is 0 Å². The van der Waals surface area contributed by atoms with Crippen LogP contribution in [0.4, 0.5) is 5.82 Å². The SMILES string of the molecule is CCCNCc1cccc(N2CCN(C)C(C)(C)C2)n1. The zero-order chi connectivity index (χ0) is 14.6. The summed E-state index contributed by atoms with van der Waals surface area (Å²) in [6, 6.07) is 6.36. The van der Waals surface area contributed by atoms with Gasteiger partial charge < -0.3 is 10.2 Å². The molecule has 0 aliphatic carbocycles. The smallest absolute Gasteiger partial charge is 0.128 e. The lowest BCUT2D eigenvalue weighted by atomic mass is 10.00. The highest BCUT2D eigenvalue weighted by atomic mass is 15.3. The highest BCUT2D eigenvalue weighted by molar-refractivity contribution is 5.40. The van der Waals surface area contributed by atoms with Gasteiger partial charge in [0.25, 0.3) is 0 Å². The van der Waals surface area contributed by atoms with Crippen molar-refractivity contribution in [2.45, 2.75) is 39.3 Å². The first-order valence-corrected chi connectivity index (χ1v) is 7.66. The Bertz CT molecular complexity index is 430. The molecule has 1 fully saturated rings. The Morgan fingerprint density at radius 3 is 2.80 bits per heavy atom. The van der Waals surface area contributed by atoms with Crippen molar-refractivity contribution < 1.29 is 0 Å². The molecule has 1 aliphatic rings. The zero-order valence-corrected chi connectivity index (χ0v) is 13.3. The van der Waals surface area contributed by atoms with E-state index in [0.717, 1.165) is 50.7 Å². The van der Waals surface area contributed by atoms with Gasteiger partial charge in [0.1, 0.15) is 5.82 Å². The van der Waals surface area contributed by atoms with E-state index in [2.05, 4.69) is 61.1 Å². The molecular formula is C16H28N4. The molecule has 1 aliphatic heterocycles. The number of likely N-dealkylation sites (N-methyl/N-ethyl adjacent to an activating group) is 1. The van der Waals surface area contributed by atoms with Gasteiger partial charge in [0.15, 0.2) is 0 Å². The maximum Gasteiger partial charge on any atom is 0.128 e. The standard InChI is InChI=1S/C16H28N4/c1-5-9-17-12-14-7-6-8-15(18-14)20-11-10-19(4)16(2,3)13-20/h6-8,17H,5,9-13H2,1-4H3. The number of hydrogen-bond donors (Lipinski definition) is 1. The van der Waals surface area contributed by atoms with Gasteiger partial charge >= 0.3 is 0 Å². The molecule has 20 heavy (non-hydrogen) atoms. The van der Waals surface area contributed by atoms with Crippen molar-refractivity contribution in [3.63, 3.8) is 0 Å². The first-order valence-electron chi connectivity index (χ1n) is 7.66. The average molecular weight is 276 g/mol. The van der Waals surface area contributed by atoms with Gasteiger partial charge in [-0.05, 0) is 46.0 Å². The third kappa shape index (κ3) is 3.70. The van der Waals surface area contributed by atoms with Gasteiger partial charge in [0.05, 0.1) is 5.69 Å². The summed E-state index contributed by atoms with van der Waals surface area (Å²) in [5.74, 6) is 1.11. The molecule has 0 amide bonds. The summed E-state index contributed by atoms with van der Waals surface area (Å²) in [6.45, 7) is 11.9. The van der Waals surface area contributed by atoms with E-state index in [1.54, 1.807) is 0 Å². The van der Waals surface area contributed by atoms with Gasteiger partial charge in [-0.25, -0.2) is 4.98 Å². The molecule has 0 aromatic carbocycles. The van der Waals surface area contributed by atoms with Gasteiger partial charge in [0.2, 0.25) is 0 Å². The molecule has 4 nitrogen and oxygen atoms in total. The van der Waals surface area contributed by atoms with Gasteiger partial charge in [-0.3, -0.25) is 4.90 Å². The molecular weight excluding hydrogens is 248 g/mol. The zero-order valence-electron chi connectivity index (χ0n) is 13.3. The van der Waals surface area contributed by atoms with Crippen LogP contribution in [-0.4, -0.2) is 48.6 Å². The Morgan fingerprint density at radius 2 is 2.10 bits per heavy atom. The average Bonchev–Trinajstić information content (AvgIpc) is 2.42. The van der Waals surface area contributed by atoms with Crippen molar-refractivity contribution >= 4 is 5.82 Å². The molecule has 1 N–H and O–H groups in total. The first-order chi connectivity index (χ1) is 9.53. The van der Waals surface area contributed by atoms with Gasteiger partial charge in [-0.15, -0.1) is 0 Å². The lowest BCUT2D eigenvalue weighted by Crippen LogP contribution is -2.57. The van der Waals surface area contributed by atoms with E-state index in [-0.39, 0.29) is 5.54 Å². The molecule has 1 aromatic heterocycles. The number of nitrogens with one attached hydrogen (secondary N) is 1. The normalized spacial score (nSPS) is 19.3. The minimum absolute atomic E-state index is 0.205. The Balaban J connectivity index is 2.03. The van der Waals surface area contributed by atoms with E-state index in [0.29, 0.717) is 0 Å². The lowest BCUT2D eigenvalue weighted by molar-refractivity contribution is 0.138. The predicted molar refractivity (Wildman–Crippen MR) is 85.2 cm³/mol. The Morgan fingerprint density at radius 1 is 1.30 bits per heavy atom. The van der Waals surface area contributed by atoms with E-state index in [1.165, 1.54) is 0 Å². The molecule has 0 saturated carbocycles. The van der Waals surface area contributed by atoms with E-state index < -0.39 is 0 Å². The van der Waals surface area contributed by atoms with Crippen molar-refractivity contribution in [3.8, 4) is 0 Å². The van der Waals surface area contributed by atoms with E-state index in [1.807, 2.05) is 0 Å². The van der Waals surface area contributed by atoms with Crippen LogP contribution in [0.2, 0.25) is 0 Å². The van der Waals surface area contributed by atoms with Crippen molar-refractivity contribution in [1.82, 2.24) is 15.2 Å². The van der Waals surface area contributed by atoms with E-state index in [4.69, 9.17) is 4.98 Å². The first kappa shape index (κ1) is 15.3. The summed E-state index contributed by atoms with van der Waals surface area (Å²) in [4.78, 5) is 9.64. The third-order valence-electron chi connectivity index (χ3n) is 4.17. The summed E-state index contributed by atoms with van der Waals surface area (Å²) >= 11 is 0. The summed E-state index contributed by atoms with van der Waals surface area (Å²) in [6.07, 6.45) is 1.16. The van der Waals surface area contributed by atoms with Gasteiger partial charge in [0, 0.05) is 31.7 Å². The van der Waals surface area contributed by atoms with Crippen molar-refractivity contribution in [1.29, 1.82) is 0 Å². The predicted octanol–water partition coefficient (Wildman–Crippen LogP) is 2.11. The topological polar surface area (TPSA) is 31.4 Å². The number of hydrogen-bond acceptors (Lipinski definition) is 4. The summed E-state index contributed by atoms with van der Waals surface area (Å²) < 4.78 is 0. The van der Waals surface area contributed by atoms with Crippen LogP contribution >= 0.6 is 0 Å². The molecule has 0 unspecified atom stereocenters. The molecule has 0 spiro atoms. The van der Waals surface area contributed by atoms with Crippen LogP contribution in [0.3, 0.4) is 0 Å². The van der Waals surface area contributed by atoms with Gasteiger partial charge in [-0.1, -0.05) is 13.0 Å². The summed E-state index contributed by atoms with van der Waals surface area (Å²) in [7, 11) is 2.20. The molecule has 1 saturated heterocycles. The second kappa shape index (κ2) is 6.55. The molecule has 2 heterocycles. The van der Waals surface area contributed by atoms with Crippen LogP contribution in [0.5, 0.6) is 0 Å². The molecule has 2 rings (SSSR count). The van der Waals surface area contributed by atoms with Crippen molar-refractivity contribution in [2.75, 3.05) is 38.1 Å². The van der Waals surface area contributed by atoms with Crippen molar-refractivity contribution in [2.24, 2.45) is 0 Å². The maximum atomic E-state index is 4.80. The highest BCUT2D eigenvalue weighted by Gasteiger charge is 2.31. The monoisotopic (exact) mass is 276 g/mol. The van der Waals surface area contributed by atoms with Crippen LogP contribution in [0.25, 0.3) is 0 Å². The fraction of sp³-hybridized carbons (Fsp3) is 0.688. The molecule has 0 bridgehead atoms. The minimum Gasteiger partial charge on any atom is -0.353 e. The maximum absolute atomic E-state index is 4.80. The van der Waals surface area contributed by atoms with E-state index in [9.17, 15) is 0 Å². The summed E-state index contributed by atoms with van der Waals surface area (Å²) in [5.41, 5.74) is 1.34. The van der Waals surface area contributed by atoms with Crippen LogP contribution < -0.4 is 10.2 Å². The minimum atomic E-state index is 0.205. The quantitative estimate of drug-likeness (QED) is 0.835. The van der Waals surface area contributed by atoms with E-state index >= 15 is 0 Å². The fourth-order valence-corrected chi connectivity index (χ4v) is 2.57. The second-order valence-electron chi connectivity index (χ2n) is 6.32. The number of rotatable bonds is 5. The Hall–Kier alpha value is -1.13. The van der Waals surface area contributed by atoms with Crippen molar-refractivity contribution in [3.05, 3.63) is 23.9 Å². The number of nitrogens with zero attached hydrogens (tertiary/aromatic N) is 3. The highest BCUT2D eigenvalue weighted by Crippen LogP contribution is 2.23. The molecule has 0 atom stereocenters. The number of pyridine rings is 1. The number of aromatic nitrogens is 1. The van der Waals surface area contributed by atoms with Crippen LogP contribution in [-0.2, 0) is 6.54 Å². The van der Waals surface area contributed by atoms with Crippen LogP contribution in [0.15, 0.2) is 18.2 Å². The Kier molecular flexibility index (Phi) is 5.00. The largest absolute Gasteiger partial charge is 0.353 e. The molecule has 4 heteroatoms.